The van der Waals surface area contributed by atoms with E-state index in [1.165, 1.54) is 32.6 Å². The number of unbranched alkanes of at least 4 members (excludes halogenated alkanes) is 2. The molecule has 0 radical (unpaired) electrons. The number of aromatic nitrogens is 5. The molecule has 5 nitrogen and oxygen atoms in total. The van der Waals surface area contributed by atoms with E-state index >= 15 is 0 Å². The summed E-state index contributed by atoms with van der Waals surface area (Å²) >= 11 is 2.44. The topological polar surface area (TPSA) is 51.4 Å². The summed E-state index contributed by atoms with van der Waals surface area (Å²) in [7, 11) is 0. The summed E-state index contributed by atoms with van der Waals surface area (Å²) in [5.41, 5.74) is 5.88. The van der Waals surface area contributed by atoms with Crippen LogP contribution in [-0.2, 0) is 32.3 Å². The Balaban J connectivity index is 1.50. The van der Waals surface area contributed by atoms with Crippen molar-refractivity contribution in [1.29, 1.82) is 0 Å². The summed E-state index contributed by atoms with van der Waals surface area (Å²) in [5.74, 6) is 0. The van der Waals surface area contributed by atoms with Crippen LogP contribution in [0.2, 0.25) is 0 Å². The van der Waals surface area contributed by atoms with E-state index in [0.29, 0.717) is 0 Å². The van der Waals surface area contributed by atoms with E-state index in [9.17, 15) is 0 Å². The molecule has 0 saturated carbocycles. The van der Waals surface area contributed by atoms with E-state index in [2.05, 4.69) is 86.1 Å². The van der Waals surface area contributed by atoms with Crippen LogP contribution in [0.15, 0.2) is 54.9 Å². The van der Waals surface area contributed by atoms with Gasteiger partial charge in [-0.3, -0.25) is 0 Å². The quantitative estimate of drug-likeness (QED) is 0.355. The Kier molecular flexibility index (Phi) is 5.49. The van der Waals surface area contributed by atoms with Gasteiger partial charge < -0.3 is 0 Å². The molecule has 6 heteroatoms. The number of hydrogen-bond acceptors (Lipinski definition) is 2. The van der Waals surface area contributed by atoms with Gasteiger partial charge in [-0.2, -0.15) is 0 Å². The third kappa shape index (κ3) is 3.88. The molecule has 142 valence electrons. The van der Waals surface area contributed by atoms with Gasteiger partial charge >= 0.3 is 170 Å². The van der Waals surface area contributed by atoms with E-state index in [0.717, 1.165) is 31.5 Å². The Bertz CT molecular complexity index is 1090. The standard InChI is InChI=1S/C21H23N5.Pt/c1-17-14-18(24-23-17)8-4-3-7-13-25-16-26(19-9-5-2-6-10-19)20-11-12-22-15-21(20)25;/h2,5-6,9-12,14-15H,3-4,7-8,13H2,1H3,(H,23,24);. The van der Waals surface area contributed by atoms with Crippen molar-refractivity contribution in [2.24, 2.45) is 0 Å². The third-order valence-corrected chi connectivity index (χ3v) is 5.90. The molecular weight excluding hydrogens is 517 g/mol. The van der Waals surface area contributed by atoms with Gasteiger partial charge in [0.1, 0.15) is 0 Å². The minimum atomic E-state index is 1.00. The van der Waals surface area contributed by atoms with Gasteiger partial charge in [-0.15, -0.1) is 0 Å². The molecule has 4 aromatic rings. The Labute approximate surface area is 169 Å². The third-order valence-electron chi connectivity index (χ3n) is 4.77. The van der Waals surface area contributed by atoms with Crippen LogP contribution in [0, 0.1) is 10.7 Å². The number of nitrogens with zero attached hydrogens (tertiary/aromatic N) is 4. The van der Waals surface area contributed by atoms with E-state index in [4.69, 9.17) is 0 Å². The molecule has 0 aliphatic carbocycles. The van der Waals surface area contributed by atoms with Crippen molar-refractivity contribution in [2.45, 2.75) is 39.2 Å². The van der Waals surface area contributed by atoms with E-state index in [-0.39, 0.29) is 0 Å². The number of rotatable bonds is 7. The zero-order valence-corrected chi connectivity index (χ0v) is 17.6. The fourth-order valence-corrected chi connectivity index (χ4v) is 4.55. The average molecular weight is 541 g/mol. The zero-order valence-electron chi connectivity index (χ0n) is 15.3. The zero-order chi connectivity index (χ0) is 18.6. The van der Waals surface area contributed by atoms with E-state index < -0.39 is 0 Å². The van der Waals surface area contributed by atoms with Gasteiger partial charge in [0.05, 0.1) is 0 Å². The van der Waals surface area contributed by atoms with Gasteiger partial charge in [0.25, 0.3) is 0 Å². The Morgan fingerprint density at radius 1 is 1.04 bits per heavy atom. The van der Waals surface area contributed by atoms with Crippen molar-refractivity contribution in [1.82, 2.24) is 24.3 Å². The summed E-state index contributed by atoms with van der Waals surface area (Å²) in [6.07, 6.45) is 8.38. The van der Waals surface area contributed by atoms with Crippen LogP contribution in [-0.4, -0.2) is 24.3 Å². The summed E-state index contributed by atoms with van der Waals surface area (Å²) in [5, 5.41) is 7.34. The Hall–Kier alpha value is -2.26. The van der Waals surface area contributed by atoms with E-state index in [1.54, 1.807) is 0 Å². The first-order chi connectivity index (χ1) is 13.2. The van der Waals surface area contributed by atoms with Crippen molar-refractivity contribution in [3.05, 3.63) is 70.1 Å². The molecule has 3 heterocycles. The van der Waals surface area contributed by atoms with Crippen LogP contribution in [0.4, 0.5) is 0 Å². The molecule has 3 aromatic heterocycles. The number of H-pyrrole nitrogens is 1. The number of pyridine rings is 1. The molecule has 1 N–H and O–H groups in total. The maximum absolute atomic E-state index is 4.36. The molecule has 0 unspecified atom stereocenters. The molecule has 0 fully saturated rings. The normalized spacial score (nSPS) is 11.4. The number of fused-ring (bicyclic) bond motifs is 1. The molecule has 0 atom stereocenters. The minimum absolute atomic E-state index is 1.00. The first-order valence-electron chi connectivity index (χ1n) is 9.31. The second kappa shape index (κ2) is 8.18. The molecule has 0 spiro atoms. The van der Waals surface area contributed by atoms with Crippen LogP contribution in [0.25, 0.3) is 16.7 Å². The first kappa shape index (κ1) is 18.1. The van der Waals surface area contributed by atoms with Crippen molar-refractivity contribution in [3.8, 4) is 5.69 Å². The summed E-state index contributed by atoms with van der Waals surface area (Å²) < 4.78 is 5.91. The Morgan fingerprint density at radius 3 is 2.67 bits per heavy atom. The van der Waals surface area contributed by atoms with Crippen molar-refractivity contribution >= 4 is 11.0 Å². The number of imidazole rings is 1. The molecule has 4 rings (SSSR count). The molecule has 0 bridgehead atoms. The second-order valence-electron chi connectivity index (χ2n) is 6.78. The fourth-order valence-electron chi connectivity index (χ4n) is 3.46. The molecule has 0 aliphatic rings. The number of benzene rings is 1. The van der Waals surface area contributed by atoms with Crippen LogP contribution in [0.5, 0.6) is 0 Å². The average Bonchev–Trinajstić information content (AvgIpc) is 3.23. The molecule has 1 aromatic carbocycles. The molecule has 0 aliphatic heterocycles. The summed E-state index contributed by atoms with van der Waals surface area (Å²) in [6.45, 7) is 3.05. The van der Waals surface area contributed by atoms with Gasteiger partial charge in [0.15, 0.2) is 0 Å². The van der Waals surface area contributed by atoms with Gasteiger partial charge in [0, 0.05) is 0 Å². The fraction of sp³-hybridized carbons (Fsp3) is 0.286. The number of para-hydroxylation sites is 1. The van der Waals surface area contributed by atoms with Crippen molar-refractivity contribution in [3.63, 3.8) is 0 Å². The number of aromatic amines is 1. The van der Waals surface area contributed by atoms with Gasteiger partial charge in [-0.05, 0) is 0 Å². The predicted octanol–water partition coefficient (Wildman–Crippen LogP) is 4.35. The Morgan fingerprint density at radius 2 is 1.89 bits per heavy atom. The number of hydrogen-bond donors (Lipinski definition) is 1. The number of nitrogens with one attached hydrogen (secondary N) is 1. The van der Waals surface area contributed by atoms with Gasteiger partial charge in [-0.1, -0.05) is 0 Å². The van der Waals surface area contributed by atoms with Crippen LogP contribution in [0.3, 0.4) is 0 Å². The monoisotopic (exact) mass is 540 g/mol. The summed E-state index contributed by atoms with van der Waals surface area (Å²) in [4.78, 5) is 4.36. The first-order valence-corrected chi connectivity index (χ1v) is 10.4. The molecule has 0 amide bonds. The molecular formula is C21H23N5Pt. The van der Waals surface area contributed by atoms with Crippen LogP contribution in [0.1, 0.15) is 30.7 Å². The number of aryl methyl sites for hydroxylation is 3. The maximum atomic E-state index is 4.36. The predicted molar refractivity (Wildman–Crippen MR) is 103 cm³/mol. The van der Waals surface area contributed by atoms with Crippen molar-refractivity contribution in [2.75, 3.05) is 0 Å². The molecule has 0 saturated heterocycles. The molecule has 27 heavy (non-hydrogen) atoms. The van der Waals surface area contributed by atoms with E-state index in [1.807, 2.05) is 19.3 Å². The van der Waals surface area contributed by atoms with Crippen molar-refractivity contribution < 1.29 is 19.4 Å². The second-order valence-corrected chi connectivity index (χ2v) is 7.80. The van der Waals surface area contributed by atoms with Gasteiger partial charge in [-0.25, -0.2) is 0 Å². The SMILES string of the molecule is Cc1cc(CCCCCn2[c](=[Pt])n(-c3ccccc3)c3ccncc32)n[nH]1. The van der Waals surface area contributed by atoms with Crippen LogP contribution >= 0.6 is 0 Å². The summed E-state index contributed by atoms with van der Waals surface area (Å²) in [6, 6.07) is 14.8. The van der Waals surface area contributed by atoms with Gasteiger partial charge in [0.2, 0.25) is 0 Å². The van der Waals surface area contributed by atoms with Crippen LogP contribution < -0.4 is 0 Å².